The first kappa shape index (κ1) is 14.4. The molecule has 0 fully saturated rings. The average molecular weight is 281 g/mol. The number of nitrogens with one attached hydrogen (secondary N) is 1. The van der Waals surface area contributed by atoms with E-state index in [0.29, 0.717) is 36.9 Å². The third-order valence-corrected chi connectivity index (χ3v) is 3.14. The van der Waals surface area contributed by atoms with Gasteiger partial charge in [0.15, 0.2) is 11.5 Å². The molecular formula is C13H19N3O4. The van der Waals surface area contributed by atoms with Crippen molar-refractivity contribution in [1.29, 1.82) is 0 Å². The monoisotopic (exact) mass is 281 g/mol. The van der Waals surface area contributed by atoms with Gasteiger partial charge in [-0.1, -0.05) is 13.3 Å². The van der Waals surface area contributed by atoms with Crippen LogP contribution in [0.3, 0.4) is 0 Å². The van der Waals surface area contributed by atoms with E-state index in [4.69, 9.17) is 15.2 Å². The summed E-state index contributed by atoms with van der Waals surface area (Å²) in [5.41, 5.74) is 6.08. The zero-order valence-electron chi connectivity index (χ0n) is 11.4. The molecule has 0 bridgehead atoms. The topological polar surface area (TPSA) is 99.7 Å². The minimum absolute atomic E-state index is 0.00117. The Morgan fingerprint density at radius 3 is 2.60 bits per heavy atom. The fourth-order valence-corrected chi connectivity index (χ4v) is 2.16. The molecule has 1 aliphatic rings. The number of nitrogens with two attached hydrogens (primary N) is 1. The molecule has 2 rings (SSSR count). The highest BCUT2D eigenvalue weighted by atomic mass is 16.6. The number of rotatable bonds is 6. The van der Waals surface area contributed by atoms with Crippen molar-refractivity contribution in [3.05, 3.63) is 22.2 Å². The maximum absolute atomic E-state index is 11.2. The van der Waals surface area contributed by atoms with Crippen LogP contribution in [0.4, 0.5) is 11.4 Å². The van der Waals surface area contributed by atoms with Crippen molar-refractivity contribution in [2.45, 2.75) is 25.8 Å². The van der Waals surface area contributed by atoms with Crippen molar-refractivity contribution in [2.75, 3.05) is 25.1 Å². The summed E-state index contributed by atoms with van der Waals surface area (Å²) in [6.45, 7) is 3.31. The molecule has 1 heterocycles. The summed E-state index contributed by atoms with van der Waals surface area (Å²) in [5, 5.41) is 14.3. The number of ether oxygens (including phenoxy) is 2. The molecule has 1 unspecified atom stereocenters. The van der Waals surface area contributed by atoms with E-state index in [-0.39, 0.29) is 11.7 Å². The Morgan fingerprint density at radius 1 is 1.40 bits per heavy atom. The van der Waals surface area contributed by atoms with Crippen LogP contribution in [0.1, 0.15) is 19.8 Å². The summed E-state index contributed by atoms with van der Waals surface area (Å²) in [5.74, 6) is 0.935. The Morgan fingerprint density at radius 2 is 2.05 bits per heavy atom. The van der Waals surface area contributed by atoms with Gasteiger partial charge in [0.25, 0.3) is 5.69 Å². The van der Waals surface area contributed by atoms with Crippen LogP contribution in [-0.4, -0.2) is 30.7 Å². The standard InChI is InChI=1S/C13H19N3O4/c1-2-3-9(8-14)15-10-6-12-13(20-5-4-19-12)7-11(10)16(17)18/h6-7,9,15H,2-5,8,14H2,1H3. The molecular weight excluding hydrogens is 262 g/mol. The van der Waals surface area contributed by atoms with Crippen molar-refractivity contribution in [1.82, 2.24) is 0 Å². The second-order valence-corrected chi connectivity index (χ2v) is 4.64. The van der Waals surface area contributed by atoms with Crippen molar-refractivity contribution >= 4 is 11.4 Å². The van der Waals surface area contributed by atoms with Gasteiger partial charge in [0.2, 0.25) is 0 Å². The Labute approximate surface area is 117 Å². The minimum Gasteiger partial charge on any atom is -0.486 e. The number of anilines is 1. The van der Waals surface area contributed by atoms with Gasteiger partial charge in [0.05, 0.1) is 11.0 Å². The third kappa shape index (κ3) is 3.11. The molecule has 110 valence electrons. The molecule has 0 saturated heterocycles. The van der Waals surface area contributed by atoms with Crippen LogP contribution in [0.2, 0.25) is 0 Å². The zero-order valence-corrected chi connectivity index (χ0v) is 11.4. The van der Waals surface area contributed by atoms with Gasteiger partial charge in [-0.25, -0.2) is 0 Å². The first-order valence-corrected chi connectivity index (χ1v) is 6.70. The van der Waals surface area contributed by atoms with Crippen molar-refractivity contribution in [3.8, 4) is 11.5 Å². The molecule has 0 aliphatic carbocycles. The Balaban J connectivity index is 2.31. The molecule has 1 aromatic carbocycles. The van der Waals surface area contributed by atoms with Crippen LogP contribution in [-0.2, 0) is 0 Å². The van der Waals surface area contributed by atoms with Gasteiger partial charge < -0.3 is 20.5 Å². The quantitative estimate of drug-likeness (QED) is 0.610. The van der Waals surface area contributed by atoms with E-state index in [0.717, 1.165) is 12.8 Å². The van der Waals surface area contributed by atoms with Crippen LogP contribution in [0.15, 0.2) is 12.1 Å². The van der Waals surface area contributed by atoms with Crippen molar-refractivity contribution < 1.29 is 14.4 Å². The fourth-order valence-electron chi connectivity index (χ4n) is 2.16. The predicted molar refractivity (Wildman–Crippen MR) is 75.5 cm³/mol. The lowest BCUT2D eigenvalue weighted by molar-refractivity contribution is -0.384. The van der Waals surface area contributed by atoms with Crippen LogP contribution in [0.25, 0.3) is 0 Å². The lowest BCUT2D eigenvalue weighted by atomic mass is 10.1. The number of hydrogen-bond acceptors (Lipinski definition) is 6. The van der Waals surface area contributed by atoms with E-state index in [2.05, 4.69) is 5.32 Å². The van der Waals surface area contributed by atoms with E-state index in [9.17, 15) is 10.1 Å². The SMILES string of the molecule is CCCC(CN)Nc1cc2c(cc1[N+](=O)[O-])OCCO2. The number of benzene rings is 1. The summed E-state index contributed by atoms with van der Waals surface area (Å²) in [7, 11) is 0. The van der Waals surface area contributed by atoms with Crippen molar-refractivity contribution in [2.24, 2.45) is 5.73 Å². The highest BCUT2D eigenvalue weighted by Gasteiger charge is 2.23. The van der Waals surface area contributed by atoms with Gasteiger partial charge in [-0.3, -0.25) is 10.1 Å². The molecule has 0 radical (unpaired) electrons. The van der Waals surface area contributed by atoms with E-state index in [1.807, 2.05) is 6.92 Å². The average Bonchev–Trinajstić information content (AvgIpc) is 2.45. The molecule has 1 aromatic rings. The van der Waals surface area contributed by atoms with Gasteiger partial charge in [0.1, 0.15) is 18.9 Å². The highest BCUT2D eigenvalue weighted by Crippen LogP contribution is 2.39. The van der Waals surface area contributed by atoms with Crippen LogP contribution in [0.5, 0.6) is 11.5 Å². The number of fused-ring (bicyclic) bond motifs is 1. The lowest BCUT2D eigenvalue weighted by Gasteiger charge is -2.21. The Hall–Kier alpha value is -2.02. The van der Waals surface area contributed by atoms with Gasteiger partial charge in [0, 0.05) is 18.7 Å². The highest BCUT2D eigenvalue weighted by molar-refractivity contribution is 5.69. The Kier molecular flexibility index (Phi) is 4.62. The number of nitro groups is 1. The summed E-state index contributed by atoms with van der Waals surface area (Å²) >= 11 is 0. The van der Waals surface area contributed by atoms with Crippen LogP contribution in [0, 0.1) is 10.1 Å². The number of nitrogens with zero attached hydrogens (tertiary/aromatic N) is 1. The molecule has 0 aromatic heterocycles. The second-order valence-electron chi connectivity index (χ2n) is 4.64. The molecule has 0 saturated carbocycles. The smallest absolute Gasteiger partial charge is 0.296 e. The molecule has 3 N–H and O–H groups in total. The fraction of sp³-hybridized carbons (Fsp3) is 0.538. The minimum atomic E-state index is -0.430. The molecule has 1 atom stereocenters. The zero-order chi connectivity index (χ0) is 14.5. The maximum atomic E-state index is 11.2. The van der Waals surface area contributed by atoms with Crippen LogP contribution < -0.4 is 20.5 Å². The van der Waals surface area contributed by atoms with Gasteiger partial charge in [-0.05, 0) is 6.42 Å². The van der Waals surface area contributed by atoms with Crippen LogP contribution >= 0.6 is 0 Å². The summed E-state index contributed by atoms with van der Waals surface area (Å²) in [6.07, 6.45) is 1.80. The van der Waals surface area contributed by atoms with Gasteiger partial charge in [-0.15, -0.1) is 0 Å². The normalized spacial score (nSPS) is 14.7. The maximum Gasteiger partial charge on any atom is 0.296 e. The molecule has 7 heteroatoms. The third-order valence-electron chi connectivity index (χ3n) is 3.14. The molecule has 7 nitrogen and oxygen atoms in total. The van der Waals surface area contributed by atoms with Gasteiger partial charge >= 0.3 is 0 Å². The van der Waals surface area contributed by atoms with E-state index >= 15 is 0 Å². The molecule has 0 spiro atoms. The summed E-state index contributed by atoms with van der Waals surface area (Å²) in [6, 6.07) is 3.02. The first-order chi connectivity index (χ1) is 9.65. The number of hydrogen-bond donors (Lipinski definition) is 2. The summed E-state index contributed by atoms with van der Waals surface area (Å²) < 4.78 is 10.8. The van der Waals surface area contributed by atoms with E-state index in [1.54, 1.807) is 6.07 Å². The number of nitro benzene ring substituents is 1. The largest absolute Gasteiger partial charge is 0.486 e. The lowest BCUT2D eigenvalue weighted by Crippen LogP contribution is -2.29. The van der Waals surface area contributed by atoms with E-state index in [1.165, 1.54) is 6.07 Å². The second kappa shape index (κ2) is 6.42. The van der Waals surface area contributed by atoms with Crippen molar-refractivity contribution in [3.63, 3.8) is 0 Å². The molecule has 1 aliphatic heterocycles. The molecule has 20 heavy (non-hydrogen) atoms. The predicted octanol–water partition coefficient (Wildman–Crippen LogP) is 1.91. The molecule has 0 amide bonds. The summed E-state index contributed by atoms with van der Waals surface area (Å²) in [4.78, 5) is 10.7. The van der Waals surface area contributed by atoms with Gasteiger partial charge in [-0.2, -0.15) is 0 Å². The first-order valence-electron chi connectivity index (χ1n) is 6.70. The Bertz CT molecular complexity index is 493. The van der Waals surface area contributed by atoms with E-state index < -0.39 is 4.92 Å².